The van der Waals surface area contributed by atoms with E-state index in [1.54, 1.807) is 0 Å². The molecule has 0 bridgehead atoms. The van der Waals surface area contributed by atoms with E-state index < -0.39 is 0 Å². The molecule has 6 heterocycles. The number of hydrogen-bond acceptors (Lipinski definition) is 1. The molecule has 15 aromatic rings. The minimum atomic E-state index is -0.0229. The molecule has 9 aromatic carbocycles. The smallest absolute Gasteiger partial charge is 0.0461 e. The summed E-state index contributed by atoms with van der Waals surface area (Å²) in [6.45, 7) is 0. The second-order valence-electron chi connectivity index (χ2n) is 20.1. The van der Waals surface area contributed by atoms with E-state index in [1.807, 2.05) is 0 Å². The summed E-state index contributed by atoms with van der Waals surface area (Å²) in [6, 6.07) is 79.5. The second kappa shape index (κ2) is 17.9. The monoisotopic (exact) mass is 977 g/mol. The molecule has 0 fully saturated rings. The molecule has 7 nitrogen and oxygen atoms in total. The highest BCUT2D eigenvalue weighted by Crippen LogP contribution is 2.46. The van der Waals surface area contributed by atoms with E-state index in [0.717, 1.165) is 50.2 Å². The third-order valence-electron chi connectivity index (χ3n) is 16.0. The van der Waals surface area contributed by atoms with Gasteiger partial charge in [0.05, 0.1) is 0 Å². The lowest BCUT2D eigenvalue weighted by molar-refractivity contribution is 0.993. The molecule has 0 saturated heterocycles. The largest absolute Gasteiger partial charge is 0.361 e. The highest BCUT2D eigenvalue weighted by molar-refractivity contribution is 5.93. The maximum absolute atomic E-state index is 3.59. The molecule has 362 valence electrons. The van der Waals surface area contributed by atoms with Gasteiger partial charge in [0.15, 0.2) is 0 Å². The van der Waals surface area contributed by atoms with E-state index in [2.05, 4.69) is 290 Å². The van der Waals surface area contributed by atoms with Crippen LogP contribution in [0.3, 0.4) is 0 Å². The molecule has 0 unspecified atom stereocenters. The van der Waals surface area contributed by atoms with Crippen molar-refractivity contribution in [3.8, 4) is 0 Å². The maximum Gasteiger partial charge on any atom is 0.0461 e. The first-order valence-corrected chi connectivity index (χ1v) is 26.2. The Balaban J connectivity index is 0.876. The molecule has 0 aliphatic heterocycles. The molecule has 0 aliphatic carbocycles. The molecule has 0 spiro atoms. The molecule has 0 amide bonds. The lowest BCUT2D eigenvalue weighted by Crippen LogP contribution is -2.12. The number of aromatic nitrogens is 6. The van der Waals surface area contributed by atoms with Gasteiger partial charge in [-0.2, -0.15) is 0 Å². The van der Waals surface area contributed by atoms with Crippen LogP contribution in [0.4, 0.5) is 17.1 Å². The lowest BCUT2D eigenvalue weighted by Gasteiger charge is -2.28. The number of benzene rings is 9. The highest BCUT2D eigenvalue weighted by atomic mass is 15.1. The number of H-pyrrole nitrogens is 6. The van der Waals surface area contributed by atoms with Crippen molar-refractivity contribution >= 4 is 82.5 Å². The molecular formula is C69H51N7. The van der Waals surface area contributed by atoms with Gasteiger partial charge >= 0.3 is 0 Å². The fourth-order valence-electron chi connectivity index (χ4n) is 12.5. The molecule has 0 saturated carbocycles. The minimum Gasteiger partial charge on any atom is -0.361 e. The number of hydrogen-bond donors (Lipinski definition) is 6. The van der Waals surface area contributed by atoms with Gasteiger partial charge in [0.2, 0.25) is 0 Å². The van der Waals surface area contributed by atoms with E-state index in [4.69, 9.17) is 0 Å². The first-order valence-electron chi connectivity index (χ1n) is 26.2. The Labute approximate surface area is 438 Å². The lowest BCUT2D eigenvalue weighted by atomic mass is 9.84. The van der Waals surface area contributed by atoms with Crippen molar-refractivity contribution < 1.29 is 0 Å². The summed E-state index contributed by atoms with van der Waals surface area (Å²) in [5.41, 5.74) is 21.1. The zero-order valence-electron chi connectivity index (χ0n) is 41.4. The van der Waals surface area contributed by atoms with Gasteiger partial charge in [0, 0.05) is 137 Å². The van der Waals surface area contributed by atoms with Gasteiger partial charge < -0.3 is 34.8 Å². The van der Waals surface area contributed by atoms with Crippen molar-refractivity contribution in [1.29, 1.82) is 0 Å². The normalized spacial score (nSPS) is 12.0. The minimum absolute atomic E-state index is 0.0229. The predicted octanol–water partition coefficient (Wildman–Crippen LogP) is 17.6. The number of nitrogens with one attached hydrogen (secondary N) is 6. The Morgan fingerprint density at radius 2 is 0.395 bits per heavy atom. The van der Waals surface area contributed by atoms with Crippen molar-refractivity contribution in [2.24, 2.45) is 0 Å². The number of rotatable bonds is 12. The summed E-state index contributed by atoms with van der Waals surface area (Å²) in [6.07, 6.45) is 13.2. The maximum atomic E-state index is 3.59. The molecule has 15 rings (SSSR count). The summed E-state index contributed by atoms with van der Waals surface area (Å²) in [7, 11) is 0. The van der Waals surface area contributed by atoms with Gasteiger partial charge in [0.25, 0.3) is 0 Å². The predicted molar refractivity (Wildman–Crippen MR) is 314 cm³/mol. The van der Waals surface area contributed by atoms with Gasteiger partial charge in [-0.05, 0) is 123 Å². The van der Waals surface area contributed by atoms with Gasteiger partial charge in [-0.1, -0.05) is 146 Å². The Morgan fingerprint density at radius 1 is 0.211 bits per heavy atom. The van der Waals surface area contributed by atoms with Gasteiger partial charge in [-0.3, -0.25) is 0 Å². The zero-order valence-corrected chi connectivity index (χ0v) is 41.4. The van der Waals surface area contributed by atoms with Crippen molar-refractivity contribution in [3.63, 3.8) is 0 Å². The van der Waals surface area contributed by atoms with Crippen LogP contribution < -0.4 is 4.90 Å². The van der Waals surface area contributed by atoms with Crippen LogP contribution in [0.1, 0.15) is 67.8 Å². The number of nitrogens with zero attached hydrogens (tertiary/aromatic N) is 1. The zero-order chi connectivity index (χ0) is 50.1. The Bertz CT molecular complexity index is 3870. The third-order valence-corrected chi connectivity index (χ3v) is 16.0. The second-order valence-corrected chi connectivity index (χ2v) is 20.1. The van der Waals surface area contributed by atoms with Crippen LogP contribution in [0.25, 0.3) is 65.4 Å². The summed E-state index contributed by atoms with van der Waals surface area (Å²) in [4.78, 5) is 23.9. The van der Waals surface area contributed by atoms with Crippen molar-refractivity contribution in [3.05, 3.63) is 306 Å². The van der Waals surface area contributed by atoms with E-state index in [1.165, 1.54) is 82.4 Å². The van der Waals surface area contributed by atoms with E-state index in [9.17, 15) is 0 Å². The number of anilines is 3. The molecule has 76 heavy (non-hydrogen) atoms. The molecule has 0 radical (unpaired) electrons. The van der Waals surface area contributed by atoms with Crippen LogP contribution in [0.5, 0.6) is 0 Å². The Hall–Kier alpha value is -9.98. The standard InChI is InChI=1S/C69H51N7/c1-7-19-61-49(13-1)55(37-70-61)67(56-38-71-62-20-8-2-14-50(56)62)43-25-31-46(32-26-43)76(47-33-27-44(28-34-47)68(57-39-72-63-21-9-3-15-51(57)63)58-40-73-64-22-10-4-16-52(58)64)48-35-29-45(30-36-48)69(59-41-74-65-23-11-5-17-53(59)65)60-42-75-66-24-12-6-18-54(60)66/h1-42,67-75H. The molecule has 7 heteroatoms. The van der Waals surface area contributed by atoms with Crippen molar-refractivity contribution in [2.45, 2.75) is 17.8 Å². The van der Waals surface area contributed by atoms with Crippen molar-refractivity contribution in [1.82, 2.24) is 29.9 Å². The first-order chi connectivity index (χ1) is 37.7. The first kappa shape index (κ1) is 43.6. The van der Waals surface area contributed by atoms with Crippen LogP contribution in [0.15, 0.2) is 256 Å². The van der Waals surface area contributed by atoms with Crippen LogP contribution in [-0.2, 0) is 0 Å². The summed E-state index contributed by atoms with van der Waals surface area (Å²) < 4.78 is 0. The van der Waals surface area contributed by atoms with Gasteiger partial charge in [-0.25, -0.2) is 0 Å². The number of para-hydroxylation sites is 6. The van der Waals surface area contributed by atoms with Crippen LogP contribution in [0, 0.1) is 0 Å². The Morgan fingerprint density at radius 3 is 0.592 bits per heavy atom. The van der Waals surface area contributed by atoms with Crippen LogP contribution in [-0.4, -0.2) is 29.9 Å². The summed E-state index contributed by atoms with van der Waals surface area (Å²) in [5, 5.41) is 7.34. The van der Waals surface area contributed by atoms with E-state index in [-0.39, 0.29) is 17.8 Å². The summed E-state index contributed by atoms with van der Waals surface area (Å²) in [5.74, 6) is -0.0687. The van der Waals surface area contributed by atoms with Gasteiger partial charge in [0.1, 0.15) is 0 Å². The number of fused-ring (bicyclic) bond motifs is 6. The Kier molecular flexibility index (Phi) is 10.3. The third kappa shape index (κ3) is 7.19. The van der Waals surface area contributed by atoms with E-state index in [0.29, 0.717) is 0 Å². The van der Waals surface area contributed by atoms with Crippen LogP contribution >= 0.6 is 0 Å². The molecule has 0 aliphatic rings. The molecule has 0 atom stereocenters. The van der Waals surface area contributed by atoms with Crippen molar-refractivity contribution in [2.75, 3.05) is 4.90 Å². The average Bonchev–Trinajstić information content (AvgIpc) is 4.41. The average molecular weight is 978 g/mol. The molecular weight excluding hydrogens is 927 g/mol. The quantitative estimate of drug-likeness (QED) is 0.0722. The molecule has 6 aromatic heterocycles. The van der Waals surface area contributed by atoms with Crippen LogP contribution in [0.2, 0.25) is 0 Å². The topological polar surface area (TPSA) is 98.0 Å². The highest BCUT2D eigenvalue weighted by Gasteiger charge is 2.28. The number of aromatic amines is 6. The fraction of sp³-hybridized carbons (Fsp3) is 0.0435. The van der Waals surface area contributed by atoms with E-state index >= 15 is 0 Å². The van der Waals surface area contributed by atoms with Gasteiger partial charge in [-0.15, -0.1) is 0 Å². The SMILES string of the molecule is c1ccc2c(C(c3ccc(N(c4ccc(C(c5c[nH]c6ccccc56)c5c[nH]c6ccccc56)cc4)c4ccc(C(c5c[nH]c6ccccc56)c5c[nH]c6ccccc56)cc4)cc3)c3c[nH]c4ccccc34)c[nH]c2c1. The fourth-order valence-corrected chi connectivity index (χ4v) is 12.5. The summed E-state index contributed by atoms with van der Waals surface area (Å²) >= 11 is 0. The molecule has 6 N–H and O–H groups in total.